The Morgan fingerprint density at radius 2 is 1.44 bits per heavy atom. The van der Waals surface area contributed by atoms with E-state index in [4.69, 9.17) is 4.74 Å². The molecule has 0 saturated carbocycles. The summed E-state index contributed by atoms with van der Waals surface area (Å²) in [4.78, 5) is 11.5. The van der Waals surface area contributed by atoms with E-state index in [0.717, 1.165) is 59.9 Å². The van der Waals surface area contributed by atoms with Crippen LogP contribution in [-0.4, -0.2) is 12.6 Å². The monoisotopic (exact) mass is 634 g/mol. The number of benzene rings is 6. The van der Waals surface area contributed by atoms with E-state index >= 15 is 4.39 Å². The molecule has 0 saturated heterocycles. The van der Waals surface area contributed by atoms with Crippen molar-refractivity contribution in [1.82, 2.24) is 0 Å². The lowest BCUT2D eigenvalue weighted by Crippen LogP contribution is -2.28. The summed E-state index contributed by atoms with van der Waals surface area (Å²) < 4.78 is 20.2. The molecule has 0 radical (unpaired) electrons. The van der Waals surface area contributed by atoms with Gasteiger partial charge in [0.25, 0.3) is 0 Å². The third kappa shape index (κ3) is 5.12. The van der Waals surface area contributed by atoms with E-state index in [1.54, 1.807) is 12.1 Å². The molecule has 7 rings (SSSR count). The van der Waals surface area contributed by atoms with Gasteiger partial charge in [0.1, 0.15) is 5.82 Å². The van der Waals surface area contributed by atoms with Crippen molar-refractivity contribution in [3.05, 3.63) is 132 Å². The largest absolute Gasteiger partial charge is 0.463 e. The average Bonchev–Trinajstić information content (AvgIpc) is 3.36. The van der Waals surface area contributed by atoms with Crippen LogP contribution in [0.3, 0.4) is 0 Å². The highest BCUT2D eigenvalue weighted by molar-refractivity contribution is 6.25. The number of esters is 1. The molecule has 3 heteroatoms. The molecule has 1 unspecified atom stereocenters. The molecular weight excluding hydrogens is 591 g/mol. The van der Waals surface area contributed by atoms with Gasteiger partial charge in [-0.2, -0.15) is 0 Å². The summed E-state index contributed by atoms with van der Waals surface area (Å²) in [5.74, 6) is -0.623. The molecule has 1 aliphatic rings. The molecule has 2 nitrogen and oxygen atoms in total. The number of halogens is 1. The van der Waals surface area contributed by atoms with E-state index in [2.05, 4.69) is 108 Å². The highest BCUT2D eigenvalue weighted by Crippen LogP contribution is 2.56. The lowest BCUT2D eigenvalue weighted by atomic mass is 9.68. The zero-order valence-corrected chi connectivity index (χ0v) is 28.5. The summed E-state index contributed by atoms with van der Waals surface area (Å²) in [6.45, 7) is 17.4. The first-order chi connectivity index (χ1) is 23.1. The molecule has 6 aromatic carbocycles. The SMILES string of the molecule is C=CC(=O)OCCCCCC1(C(=C)CC)c2cc(F)ccc2-c2ccc(-c3ccc4ccc5cc(C(C)(C)C)cc6ccc3c4c56)cc21. The first kappa shape index (κ1) is 31.8. The van der Waals surface area contributed by atoms with E-state index in [1.165, 1.54) is 55.1 Å². The van der Waals surface area contributed by atoms with Crippen LogP contribution in [-0.2, 0) is 20.4 Å². The molecule has 0 bridgehead atoms. The van der Waals surface area contributed by atoms with Crippen molar-refractivity contribution in [2.24, 2.45) is 0 Å². The van der Waals surface area contributed by atoms with Gasteiger partial charge in [0.15, 0.2) is 0 Å². The Labute approximate surface area is 283 Å². The number of carbonyl (C=O) groups excluding carboxylic acids is 1. The molecule has 48 heavy (non-hydrogen) atoms. The average molecular weight is 635 g/mol. The maximum Gasteiger partial charge on any atom is 0.330 e. The Balaban J connectivity index is 1.36. The van der Waals surface area contributed by atoms with Gasteiger partial charge in [0.2, 0.25) is 0 Å². The third-order valence-corrected chi connectivity index (χ3v) is 10.6. The van der Waals surface area contributed by atoms with Crippen molar-refractivity contribution in [2.75, 3.05) is 6.61 Å². The minimum Gasteiger partial charge on any atom is -0.463 e. The highest BCUT2D eigenvalue weighted by Gasteiger charge is 2.44. The molecule has 0 fully saturated rings. The number of hydrogen-bond acceptors (Lipinski definition) is 2. The van der Waals surface area contributed by atoms with Gasteiger partial charge in [-0.05, 0) is 114 Å². The minimum absolute atomic E-state index is 0.0633. The highest BCUT2D eigenvalue weighted by atomic mass is 19.1. The molecule has 1 aliphatic carbocycles. The molecule has 0 N–H and O–H groups in total. The molecule has 0 amide bonds. The van der Waals surface area contributed by atoms with Gasteiger partial charge in [0, 0.05) is 11.5 Å². The number of ether oxygens (including phenoxy) is 1. The van der Waals surface area contributed by atoms with Crippen LogP contribution in [0.4, 0.5) is 4.39 Å². The quantitative estimate of drug-likeness (QED) is 0.0493. The second-order valence-corrected chi connectivity index (χ2v) is 14.4. The number of carbonyl (C=O) groups is 1. The number of fused-ring (bicyclic) bond motifs is 3. The summed E-state index contributed by atoms with van der Waals surface area (Å²) in [6, 6.07) is 30.4. The Morgan fingerprint density at radius 1 is 0.792 bits per heavy atom. The second-order valence-electron chi connectivity index (χ2n) is 14.4. The van der Waals surface area contributed by atoms with Crippen LogP contribution in [0.15, 0.2) is 110 Å². The van der Waals surface area contributed by atoms with E-state index < -0.39 is 11.4 Å². The van der Waals surface area contributed by atoms with E-state index in [1.807, 2.05) is 6.07 Å². The van der Waals surface area contributed by atoms with Crippen molar-refractivity contribution in [2.45, 2.75) is 70.6 Å². The molecule has 0 heterocycles. The van der Waals surface area contributed by atoms with Crippen LogP contribution < -0.4 is 0 Å². The molecule has 0 aliphatic heterocycles. The summed E-state index contributed by atoms with van der Waals surface area (Å²) in [7, 11) is 0. The first-order valence-electron chi connectivity index (χ1n) is 17.2. The standard InChI is InChI=1S/C45H43FO2/c1-7-28(3)45(22-10-9-11-23-48-41(47)8-2)39-26-30(15-19-36(39)37-21-17-34(46)27-40(37)45)35-18-14-29-12-13-31-24-33(44(4,5)6)25-32-16-20-38(35)43(29)42(31)32/h8,12-21,24-27H,2-3,7,9-11,22-23H2,1,4-6H3. The minimum atomic E-state index is -0.511. The summed E-state index contributed by atoms with van der Waals surface area (Å²) in [5.41, 5.74) is 8.77. The zero-order valence-electron chi connectivity index (χ0n) is 28.5. The van der Waals surface area contributed by atoms with Gasteiger partial charge < -0.3 is 4.74 Å². The molecule has 242 valence electrons. The molecular formula is C45H43FO2. The molecule has 6 aromatic rings. The lowest BCUT2D eigenvalue weighted by Gasteiger charge is -2.35. The fraction of sp³-hybridized carbons (Fsp3) is 0.267. The van der Waals surface area contributed by atoms with Gasteiger partial charge in [-0.3, -0.25) is 0 Å². The van der Waals surface area contributed by atoms with Crippen LogP contribution in [0.1, 0.15) is 76.5 Å². The van der Waals surface area contributed by atoms with E-state index in [0.29, 0.717) is 6.61 Å². The number of rotatable bonds is 10. The summed E-state index contributed by atoms with van der Waals surface area (Å²) >= 11 is 0. The maximum absolute atomic E-state index is 15.0. The Hall–Kier alpha value is -4.76. The second kappa shape index (κ2) is 12.0. The van der Waals surface area contributed by atoms with Gasteiger partial charge in [-0.15, -0.1) is 0 Å². The number of hydrogen-bond donors (Lipinski definition) is 0. The van der Waals surface area contributed by atoms with Crippen molar-refractivity contribution < 1.29 is 13.9 Å². The van der Waals surface area contributed by atoms with Crippen LogP contribution in [0.25, 0.3) is 54.6 Å². The maximum atomic E-state index is 15.0. The molecule has 0 spiro atoms. The predicted octanol–water partition coefficient (Wildman–Crippen LogP) is 12.2. The Morgan fingerprint density at radius 3 is 2.15 bits per heavy atom. The Bertz CT molecular complexity index is 2210. The van der Waals surface area contributed by atoms with Gasteiger partial charge >= 0.3 is 5.97 Å². The summed E-state index contributed by atoms with van der Waals surface area (Å²) in [5, 5.41) is 7.65. The van der Waals surface area contributed by atoms with Gasteiger partial charge in [-0.25, -0.2) is 9.18 Å². The predicted molar refractivity (Wildman–Crippen MR) is 200 cm³/mol. The van der Waals surface area contributed by atoms with Crippen LogP contribution in [0, 0.1) is 5.82 Å². The number of unbranched alkanes of at least 4 members (excludes halogenated alkanes) is 2. The van der Waals surface area contributed by atoms with E-state index in [9.17, 15) is 4.79 Å². The first-order valence-corrected chi connectivity index (χ1v) is 17.2. The lowest BCUT2D eigenvalue weighted by molar-refractivity contribution is -0.137. The summed E-state index contributed by atoms with van der Waals surface area (Å²) in [6.07, 6.45) is 5.32. The topological polar surface area (TPSA) is 26.3 Å². The van der Waals surface area contributed by atoms with Crippen LogP contribution in [0.5, 0.6) is 0 Å². The molecule has 0 aromatic heterocycles. The van der Waals surface area contributed by atoms with Crippen molar-refractivity contribution in [3.8, 4) is 22.3 Å². The fourth-order valence-corrected chi connectivity index (χ4v) is 8.08. The normalized spacial score (nSPS) is 15.6. The smallest absolute Gasteiger partial charge is 0.330 e. The Kier molecular flexibility index (Phi) is 7.98. The van der Waals surface area contributed by atoms with E-state index in [-0.39, 0.29) is 11.2 Å². The van der Waals surface area contributed by atoms with Crippen molar-refractivity contribution >= 4 is 38.3 Å². The fourth-order valence-electron chi connectivity index (χ4n) is 8.08. The van der Waals surface area contributed by atoms with Crippen molar-refractivity contribution in [1.29, 1.82) is 0 Å². The van der Waals surface area contributed by atoms with Crippen molar-refractivity contribution in [3.63, 3.8) is 0 Å². The third-order valence-electron chi connectivity index (χ3n) is 10.6. The van der Waals surface area contributed by atoms with Crippen LogP contribution >= 0.6 is 0 Å². The number of allylic oxidation sites excluding steroid dienone is 1. The van der Waals surface area contributed by atoms with Gasteiger partial charge in [0.05, 0.1) is 6.61 Å². The molecule has 1 atom stereocenters. The zero-order chi connectivity index (χ0) is 33.8. The van der Waals surface area contributed by atoms with Crippen LogP contribution in [0.2, 0.25) is 0 Å². The van der Waals surface area contributed by atoms with Gasteiger partial charge in [-0.1, -0.05) is 126 Å².